The van der Waals surface area contributed by atoms with E-state index in [2.05, 4.69) is 5.32 Å². The van der Waals surface area contributed by atoms with E-state index < -0.39 is 0 Å². The summed E-state index contributed by atoms with van der Waals surface area (Å²) in [5.41, 5.74) is 0.982. The number of hydrogen-bond donors (Lipinski definition) is 1. The molecule has 1 N–H and O–H groups in total. The first-order chi connectivity index (χ1) is 10.5. The van der Waals surface area contributed by atoms with Crippen LogP contribution in [-0.4, -0.2) is 17.5 Å². The van der Waals surface area contributed by atoms with Gasteiger partial charge in [-0.05, 0) is 43.7 Å². The molecule has 1 atom stereocenters. The molecule has 1 aromatic carbocycles. The maximum atomic E-state index is 12.4. The second kappa shape index (κ2) is 7.86. The van der Waals surface area contributed by atoms with E-state index in [1.165, 1.54) is 11.3 Å². The van der Waals surface area contributed by atoms with E-state index in [1.54, 1.807) is 4.90 Å². The van der Waals surface area contributed by atoms with Crippen molar-refractivity contribution in [2.75, 3.05) is 6.54 Å². The first-order valence-electron chi connectivity index (χ1n) is 7.04. The van der Waals surface area contributed by atoms with Crippen molar-refractivity contribution < 1.29 is 4.79 Å². The Morgan fingerprint density at radius 2 is 2.09 bits per heavy atom. The Balaban J connectivity index is 1.99. The van der Waals surface area contributed by atoms with Gasteiger partial charge in [-0.15, -0.1) is 11.3 Å². The Morgan fingerprint density at radius 1 is 1.32 bits per heavy atom. The summed E-state index contributed by atoms with van der Waals surface area (Å²) in [4.78, 5) is 15.2. The summed E-state index contributed by atoms with van der Waals surface area (Å²) >= 11 is 13.4. The molecule has 0 saturated heterocycles. The number of rotatable bonds is 5. The van der Waals surface area contributed by atoms with Crippen molar-refractivity contribution in [3.8, 4) is 0 Å². The number of hydrogen-bond acceptors (Lipinski definition) is 2. The highest BCUT2D eigenvalue weighted by Crippen LogP contribution is 2.23. The zero-order valence-corrected chi connectivity index (χ0v) is 14.8. The van der Waals surface area contributed by atoms with Gasteiger partial charge in [0.25, 0.3) is 0 Å². The average molecular weight is 357 g/mol. The van der Waals surface area contributed by atoms with Gasteiger partial charge in [0.05, 0.1) is 16.9 Å². The Bertz CT molecular complexity index is 645. The molecule has 0 aliphatic rings. The van der Waals surface area contributed by atoms with Crippen LogP contribution >= 0.6 is 34.5 Å². The molecule has 2 amide bonds. The van der Waals surface area contributed by atoms with Gasteiger partial charge in [0, 0.05) is 16.4 Å². The summed E-state index contributed by atoms with van der Waals surface area (Å²) in [7, 11) is 0. The Labute approximate surface area is 144 Å². The Kier molecular flexibility index (Phi) is 6.12. The molecule has 0 fully saturated rings. The number of halogens is 2. The predicted molar refractivity (Wildman–Crippen MR) is 93.8 cm³/mol. The second-order valence-corrected chi connectivity index (χ2v) is 7.18. The van der Waals surface area contributed by atoms with E-state index in [0.717, 1.165) is 14.8 Å². The van der Waals surface area contributed by atoms with Crippen LogP contribution < -0.4 is 5.32 Å². The lowest BCUT2D eigenvalue weighted by atomic mass is 10.1. The fraction of sp³-hybridized carbons (Fsp3) is 0.312. The van der Waals surface area contributed by atoms with E-state index in [4.69, 9.17) is 23.2 Å². The first kappa shape index (κ1) is 17.1. The third-order valence-corrected chi connectivity index (χ3v) is 4.78. The molecular formula is C16H18Cl2N2OS. The summed E-state index contributed by atoms with van der Waals surface area (Å²) in [6.45, 7) is 5.09. The van der Waals surface area contributed by atoms with Crippen LogP contribution in [-0.2, 0) is 6.54 Å². The molecule has 2 aromatic rings. The van der Waals surface area contributed by atoms with Gasteiger partial charge in [0.15, 0.2) is 0 Å². The van der Waals surface area contributed by atoms with Gasteiger partial charge in [0.1, 0.15) is 0 Å². The van der Waals surface area contributed by atoms with E-state index in [9.17, 15) is 4.79 Å². The summed E-state index contributed by atoms with van der Waals surface area (Å²) in [5.74, 6) is 0. The van der Waals surface area contributed by atoms with Crippen molar-refractivity contribution in [3.05, 3.63) is 56.2 Å². The fourth-order valence-corrected chi connectivity index (χ4v) is 3.39. The lowest BCUT2D eigenvalue weighted by Gasteiger charge is -2.23. The van der Waals surface area contributed by atoms with Crippen LogP contribution in [0.15, 0.2) is 36.4 Å². The maximum absolute atomic E-state index is 12.4. The van der Waals surface area contributed by atoms with Crippen molar-refractivity contribution >= 4 is 40.6 Å². The van der Waals surface area contributed by atoms with Crippen LogP contribution in [0.1, 0.15) is 30.3 Å². The van der Waals surface area contributed by atoms with Crippen LogP contribution in [0.3, 0.4) is 0 Å². The molecule has 2 rings (SSSR count). The van der Waals surface area contributed by atoms with Gasteiger partial charge in [-0.3, -0.25) is 0 Å². The minimum Gasteiger partial charge on any atom is -0.331 e. The van der Waals surface area contributed by atoms with Gasteiger partial charge in [-0.2, -0.15) is 0 Å². The zero-order valence-electron chi connectivity index (χ0n) is 12.5. The monoisotopic (exact) mass is 356 g/mol. The van der Waals surface area contributed by atoms with Crippen molar-refractivity contribution in [2.24, 2.45) is 0 Å². The van der Waals surface area contributed by atoms with Gasteiger partial charge < -0.3 is 10.2 Å². The van der Waals surface area contributed by atoms with E-state index in [1.807, 2.05) is 50.2 Å². The average Bonchev–Trinajstić information content (AvgIpc) is 2.89. The first-order valence-corrected chi connectivity index (χ1v) is 8.62. The van der Waals surface area contributed by atoms with Crippen LogP contribution in [0.5, 0.6) is 0 Å². The second-order valence-electron chi connectivity index (χ2n) is 4.95. The molecule has 0 aliphatic carbocycles. The number of benzene rings is 1. The predicted octanol–water partition coefficient (Wildman–Crippen LogP) is 5.35. The highest BCUT2D eigenvalue weighted by Gasteiger charge is 2.16. The number of carbonyl (C=O) groups is 1. The maximum Gasteiger partial charge on any atom is 0.318 e. The van der Waals surface area contributed by atoms with Crippen LogP contribution in [0.4, 0.5) is 4.79 Å². The van der Waals surface area contributed by atoms with Gasteiger partial charge >= 0.3 is 6.03 Å². The molecule has 0 aliphatic heterocycles. The smallest absolute Gasteiger partial charge is 0.318 e. The molecular weight excluding hydrogens is 339 g/mol. The summed E-state index contributed by atoms with van der Waals surface area (Å²) in [6, 6.07) is 11.1. The van der Waals surface area contributed by atoms with Crippen LogP contribution in [0.25, 0.3) is 0 Å². The van der Waals surface area contributed by atoms with E-state index in [0.29, 0.717) is 18.1 Å². The SMILES string of the molecule is CCN(Cc1ccc(Cl)s1)C(=O)NC(C)c1cccc(Cl)c1. The number of nitrogens with one attached hydrogen (secondary N) is 1. The van der Waals surface area contributed by atoms with E-state index in [-0.39, 0.29) is 12.1 Å². The van der Waals surface area contributed by atoms with Crippen molar-refractivity contribution in [2.45, 2.75) is 26.4 Å². The van der Waals surface area contributed by atoms with Crippen molar-refractivity contribution in [1.29, 1.82) is 0 Å². The van der Waals surface area contributed by atoms with E-state index >= 15 is 0 Å². The number of thiophene rings is 1. The number of amides is 2. The fourth-order valence-electron chi connectivity index (χ4n) is 2.09. The minimum absolute atomic E-state index is 0.0977. The number of nitrogens with zero attached hydrogens (tertiary/aromatic N) is 1. The lowest BCUT2D eigenvalue weighted by Crippen LogP contribution is -2.40. The minimum atomic E-state index is -0.104. The highest BCUT2D eigenvalue weighted by molar-refractivity contribution is 7.16. The van der Waals surface area contributed by atoms with Crippen molar-refractivity contribution in [3.63, 3.8) is 0 Å². The van der Waals surface area contributed by atoms with Gasteiger partial charge in [-0.25, -0.2) is 4.79 Å². The van der Waals surface area contributed by atoms with Crippen LogP contribution in [0, 0.1) is 0 Å². The summed E-state index contributed by atoms with van der Waals surface area (Å²) in [6.07, 6.45) is 0. The molecule has 0 spiro atoms. The van der Waals surface area contributed by atoms with Gasteiger partial charge in [0.2, 0.25) is 0 Å². The van der Waals surface area contributed by atoms with Gasteiger partial charge in [-0.1, -0.05) is 35.3 Å². The molecule has 3 nitrogen and oxygen atoms in total. The third-order valence-electron chi connectivity index (χ3n) is 3.33. The number of urea groups is 1. The normalized spacial score (nSPS) is 12.0. The molecule has 0 saturated carbocycles. The van der Waals surface area contributed by atoms with Crippen LogP contribution in [0.2, 0.25) is 9.36 Å². The largest absolute Gasteiger partial charge is 0.331 e. The molecule has 1 aromatic heterocycles. The lowest BCUT2D eigenvalue weighted by molar-refractivity contribution is 0.195. The van der Waals surface area contributed by atoms with Crippen molar-refractivity contribution in [1.82, 2.24) is 10.2 Å². The number of carbonyl (C=O) groups excluding carboxylic acids is 1. The topological polar surface area (TPSA) is 32.3 Å². The Hall–Kier alpha value is -1.23. The molecule has 1 heterocycles. The zero-order chi connectivity index (χ0) is 16.1. The molecule has 118 valence electrons. The summed E-state index contributed by atoms with van der Waals surface area (Å²) < 4.78 is 0.735. The third kappa shape index (κ3) is 4.63. The standard InChI is InChI=1S/C16H18Cl2N2OS/c1-3-20(10-14-7-8-15(18)22-14)16(21)19-11(2)12-5-4-6-13(17)9-12/h4-9,11H,3,10H2,1-2H3,(H,19,21). The summed E-state index contributed by atoms with van der Waals surface area (Å²) in [5, 5.41) is 3.67. The highest BCUT2D eigenvalue weighted by atomic mass is 35.5. The quantitative estimate of drug-likeness (QED) is 0.769. The molecule has 1 unspecified atom stereocenters. The Morgan fingerprint density at radius 3 is 2.68 bits per heavy atom. The molecule has 6 heteroatoms. The molecule has 0 bridgehead atoms. The molecule has 22 heavy (non-hydrogen) atoms. The molecule has 0 radical (unpaired) electrons.